The number of H-pyrrole nitrogens is 2. The van der Waals surface area contributed by atoms with Gasteiger partial charge in [0.05, 0.1) is 44.9 Å². The standard InChI is InChI=1S/C26H16F6N4O4/c27-25(28,29)11-39-23(37)21-19-9-17-5-3-15(34-17)7-13-1-2-14(33-13)8-16-4-6-18(35-16)10-20(36-19)22(21)24(38)40-12-26(30,31)32/h1-10,33,36H,11-12H2. The predicted octanol–water partition coefficient (Wildman–Crippen LogP) is 6.09. The Labute approximate surface area is 220 Å². The summed E-state index contributed by atoms with van der Waals surface area (Å²) in [6.07, 6.45) is -3.52. The summed E-state index contributed by atoms with van der Waals surface area (Å²) in [6, 6.07) is 9.50. The number of aromatic nitrogens is 4. The van der Waals surface area contributed by atoms with Gasteiger partial charge in [-0.25, -0.2) is 19.6 Å². The first-order chi connectivity index (χ1) is 18.8. The molecule has 206 valence electrons. The lowest BCUT2D eigenvalue weighted by molar-refractivity contribution is -0.162. The molecule has 0 aromatic carbocycles. The fourth-order valence-electron chi connectivity index (χ4n) is 3.94. The highest BCUT2D eigenvalue weighted by Gasteiger charge is 2.34. The van der Waals surface area contributed by atoms with Crippen molar-refractivity contribution in [2.24, 2.45) is 0 Å². The van der Waals surface area contributed by atoms with Crippen LogP contribution >= 0.6 is 0 Å². The van der Waals surface area contributed by atoms with Crippen LogP contribution in [0.25, 0.3) is 46.4 Å². The van der Waals surface area contributed by atoms with E-state index >= 15 is 0 Å². The molecular weight excluding hydrogens is 546 g/mol. The van der Waals surface area contributed by atoms with Crippen molar-refractivity contribution in [3.8, 4) is 0 Å². The Morgan fingerprint density at radius 2 is 1.00 bits per heavy atom. The maximum Gasteiger partial charge on any atom is 0.422 e. The minimum atomic E-state index is -4.91. The molecule has 3 aromatic heterocycles. The van der Waals surface area contributed by atoms with E-state index in [4.69, 9.17) is 0 Å². The SMILES string of the molecule is O=C(OCC(F)(F)F)c1c(C(=O)OCC(F)(F)F)c2cc3nc(cc4ccc(cc5nc(cc1[nH]2)C=C5)[nH]4)C=C3. The zero-order chi connectivity index (χ0) is 28.7. The van der Waals surface area contributed by atoms with Gasteiger partial charge in [0, 0.05) is 11.0 Å². The van der Waals surface area contributed by atoms with E-state index in [-0.39, 0.29) is 22.4 Å². The zero-order valence-electron chi connectivity index (χ0n) is 20.0. The van der Waals surface area contributed by atoms with E-state index < -0.39 is 48.6 Å². The van der Waals surface area contributed by atoms with Crippen LogP contribution in [0.5, 0.6) is 0 Å². The number of nitrogens with one attached hydrogen (secondary N) is 2. The largest absolute Gasteiger partial charge is 0.452 e. The van der Waals surface area contributed by atoms with E-state index in [1.54, 1.807) is 24.3 Å². The molecule has 8 nitrogen and oxygen atoms in total. The van der Waals surface area contributed by atoms with Crippen molar-refractivity contribution < 1.29 is 45.4 Å². The van der Waals surface area contributed by atoms with Gasteiger partial charge in [0.25, 0.3) is 0 Å². The van der Waals surface area contributed by atoms with E-state index in [9.17, 15) is 35.9 Å². The van der Waals surface area contributed by atoms with Gasteiger partial charge < -0.3 is 19.4 Å². The zero-order valence-corrected chi connectivity index (χ0v) is 20.0. The second kappa shape index (κ2) is 10.0. The van der Waals surface area contributed by atoms with Crippen LogP contribution in [-0.4, -0.2) is 57.4 Å². The summed E-state index contributed by atoms with van der Waals surface area (Å²) in [5, 5.41) is 0. The number of hydrogen-bond acceptors (Lipinski definition) is 6. The summed E-state index contributed by atoms with van der Waals surface area (Å²) in [5.41, 5.74) is 0.805. The molecule has 2 aliphatic heterocycles. The smallest absolute Gasteiger partial charge is 0.422 e. The minimum Gasteiger partial charge on any atom is -0.452 e. The second-order valence-electron chi connectivity index (χ2n) is 8.62. The number of fused-ring (bicyclic) bond motifs is 8. The van der Waals surface area contributed by atoms with Crippen LogP contribution < -0.4 is 0 Å². The fourth-order valence-corrected chi connectivity index (χ4v) is 3.94. The van der Waals surface area contributed by atoms with Crippen molar-refractivity contribution in [3.63, 3.8) is 0 Å². The summed E-state index contributed by atoms with van der Waals surface area (Å²) in [7, 11) is 0. The Kier molecular flexibility index (Phi) is 6.69. The van der Waals surface area contributed by atoms with Gasteiger partial charge in [-0.2, -0.15) is 26.3 Å². The highest BCUT2D eigenvalue weighted by molar-refractivity contribution is 6.13. The van der Waals surface area contributed by atoms with Crippen molar-refractivity contribution >= 4 is 58.3 Å². The molecule has 0 aliphatic carbocycles. The van der Waals surface area contributed by atoms with Crippen molar-refractivity contribution in [2.75, 3.05) is 13.2 Å². The summed E-state index contributed by atoms with van der Waals surface area (Å²) >= 11 is 0. The van der Waals surface area contributed by atoms with Gasteiger partial charge in [-0.3, -0.25) is 0 Å². The molecule has 2 N–H and O–H groups in total. The van der Waals surface area contributed by atoms with Crippen molar-refractivity contribution in [1.82, 2.24) is 19.9 Å². The molecule has 5 heterocycles. The van der Waals surface area contributed by atoms with Crippen molar-refractivity contribution in [2.45, 2.75) is 12.4 Å². The molecule has 3 aromatic rings. The third kappa shape index (κ3) is 6.22. The number of halogens is 6. The average molecular weight is 562 g/mol. The van der Waals surface area contributed by atoms with Crippen molar-refractivity contribution in [1.29, 1.82) is 0 Å². The lowest BCUT2D eigenvalue weighted by Gasteiger charge is -2.10. The van der Waals surface area contributed by atoms with Gasteiger partial charge >= 0.3 is 24.3 Å². The maximum absolute atomic E-state index is 12.9. The second-order valence-corrected chi connectivity index (χ2v) is 8.62. The third-order valence-electron chi connectivity index (χ3n) is 5.49. The molecule has 0 saturated heterocycles. The topological polar surface area (TPSA) is 110 Å². The molecular formula is C26H16F6N4O4. The Bertz CT molecular complexity index is 1610. The molecule has 0 radical (unpaired) electrons. The van der Waals surface area contributed by atoms with E-state index in [0.717, 1.165) is 0 Å². The van der Waals surface area contributed by atoms with Crippen LogP contribution in [-0.2, 0) is 9.47 Å². The molecule has 0 spiro atoms. The van der Waals surface area contributed by atoms with Crippen LogP contribution in [0.1, 0.15) is 43.5 Å². The Hall–Kier alpha value is -4.88. The number of carbonyl (C=O) groups is 2. The summed E-state index contributed by atoms with van der Waals surface area (Å²) in [6.45, 7) is -4.00. The van der Waals surface area contributed by atoms with Gasteiger partial charge in [0.2, 0.25) is 0 Å². The molecule has 5 rings (SSSR count). The third-order valence-corrected chi connectivity index (χ3v) is 5.49. The number of aromatic amines is 2. The van der Waals surface area contributed by atoms with E-state index in [1.807, 2.05) is 12.1 Å². The van der Waals surface area contributed by atoms with E-state index in [0.29, 0.717) is 22.4 Å². The van der Waals surface area contributed by atoms with Gasteiger partial charge in [-0.1, -0.05) is 0 Å². The van der Waals surface area contributed by atoms with Crippen LogP contribution in [0.15, 0.2) is 36.4 Å². The molecule has 0 atom stereocenters. The van der Waals surface area contributed by atoms with E-state index in [2.05, 4.69) is 29.4 Å². The highest BCUT2D eigenvalue weighted by Crippen LogP contribution is 2.28. The van der Waals surface area contributed by atoms with Crippen LogP contribution in [0.2, 0.25) is 0 Å². The number of ether oxygens (including phenoxy) is 2. The Balaban J connectivity index is 1.79. The number of nitrogens with zero attached hydrogens (tertiary/aromatic N) is 2. The number of carbonyl (C=O) groups excluding carboxylic acids is 2. The summed E-state index contributed by atoms with van der Waals surface area (Å²) < 4.78 is 85.6. The molecule has 0 saturated carbocycles. The highest BCUT2D eigenvalue weighted by atomic mass is 19.4. The maximum atomic E-state index is 12.9. The number of rotatable bonds is 4. The number of esters is 2. The minimum absolute atomic E-state index is 0.221. The molecule has 0 amide bonds. The summed E-state index contributed by atoms with van der Waals surface area (Å²) in [5.74, 6) is -3.23. The first kappa shape index (κ1) is 26.7. The predicted molar refractivity (Wildman–Crippen MR) is 132 cm³/mol. The Morgan fingerprint density at radius 1 is 0.625 bits per heavy atom. The van der Waals surface area contributed by atoms with Gasteiger partial charge in [-0.15, -0.1) is 0 Å². The Morgan fingerprint density at radius 3 is 1.38 bits per heavy atom. The molecule has 0 unspecified atom stereocenters. The van der Waals surface area contributed by atoms with Crippen molar-refractivity contribution in [3.05, 3.63) is 70.3 Å². The number of hydrogen-bond donors (Lipinski definition) is 2. The van der Waals surface area contributed by atoms with Crippen LogP contribution in [0.3, 0.4) is 0 Å². The van der Waals surface area contributed by atoms with Gasteiger partial charge in [-0.05, 0) is 60.7 Å². The monoisotopic (exact) mass is 562 g/mol. The molecule has 2 aliphatic rings. The fraction of sp³-hybridized carbons (Fsp3) is 0.154. The lowest BCUT2D eigenvalue weighted by Crippen LogP contribution is -2.23. The van der Waals surface area contributed by atoms with Gasteiger partial charge in [0.1, 0.15) is 0 Å². The molecule has 0 fully saturated rings. The number of alkyl halides is 6. The molecule has 8 bridgehead atoms. The first-order valence-electron chi connectivity index (χ1n) is 11.4. The normalized spacial score (nSPS) is 12.9. The van der Waals surface area contributed by atoms with Crippen LogP contribution in [0, 0.1) is 0 Å². The average Bonchev–Trinajstić information content (AvgIpc) is 3.64. The van der Waals surface area contributed by atoms with Gasteiger partial charge in [0.15, 0.2) is 13.2 Å². The first-order valence-corrected chi connectivity index (χ1v) is 11.4. The lowest BCUT2D eigenvalue weighted by atomic mass is 10.1. The van der Waals surface area contributed by atoms with Crippen LogP contribution in [0.4, 0.5) is 26.3 Å². The molecule has 14 heteroatoms. The molecule has 40 heavy (non-hydrogen) atoms. The van der Waals surface area contributed by atoms with E-state index in [1.165, 1.54) is 24.3 Å². The quantitative estimate of drug-likeness (QED) is 0.203. The summed E-state index contributed by atoms with van der Waals surface area (Å²) in [4.78, 5) is 40.4.